The predicted octanol–water partition coefficient (Wildman–Crippen LogP) is 3.83. The van der Waals surface area contributed by atoms with E-state index in [1.54, 1.807) is 6.26 Å². The molecule has 1 atom stereocenters. The zero-order valence-corrected chi connectivity index (χ0v) is 12.6. The molecule has 2 rings (SSSR count). The Morgan fingerprint density at radius 2 is 2.06 bits per heavy atom. The maximum Gasteiger partial charge on any atom is 0.130 e. The van der Waals surface area contributed by atoms with Crippen LogP contribution in [0, 0.1) is 6.92 Å². The second-order valence-corrected chi connectivity index (χ2v) is 7.35. The van der Waals surface area contributed by atoms with Gasteiger partial charge in [0.25, 0.3) is 0 Å². The van der Waals surface area contributed by atoms with Crippen LogP contribution in [-0.4, -0.2) is 16.6 Å². The Labute approximate surface area is 113 Å². The van der Waals surface area contributed by atoms with Crippen molar-refractivity contribution in [2.45, 2.75) is 39.0 Å². The van der Waals surface area contributed by atoms with Gasteiger partial charge in [0.05, 0.1) is 6.26 Å². The number of hydrogen-bond acceptors (Lipinski definition) is 1. The smallest absolute Gasteiger partial charge is 0.130 e. The van der Waals surface area contributed by atoms with Crippen molar-refractivity contribution in [2.75, 3.05) is 12.0 Å². The molecule has 18 heavy (non-hydrogen) atoms. The highest BCUT2D eigenvalue weighted by molar-refractivity contribution is 7.91. The lowest BCUT2D eigenvalue weighted by Crippen LogP contribution is -2.18. The van der Waals surface area contributed by atoms with E-state index in [4.69, 9.17) is 0 Å². The Morgan fingerprint density at radius 3 is 2.72 bits per heavy atom. The van der Waals surface area contributed by atoms with E-state index in [9.17, 15) is 4.55 Å². The lowest BCUT2D eigenvalue weighted by Gasteiger charge is -2.26. The Kier molecular flexibility index (Phi) is 3.88. The number of allylic oxidation sites excluding steroid dienone is 1. The Bertz CT molecular complexity index is 472. The van der Waals surface area contributed by atoms with Crippen LogP contribution in [0.15, 0.2) is 24.3 Å². The molecule has 98 valence electrons. The first-order valence-corrected chi connectivity index (χ1v) is 8.23. The highest BCUT2D eigenvalue weighted by atomic mass is 32.2. The summed E-state index contributed by atoms with van der Waals surface area (Å²) in [4.78, 5) is 0. The zero-order valence-electron chi connectivity index (χ0n) is 11.7. The van der Waals surface area contributed by atoms with Crippen molar-refractivity contribution in [1.29, 1.82) is 0 Å². The fraction of sp³-hybridized carbons (Fsp3) is 0.500. The van der Waals surface area contributed by atoms with E-state index in [-0.39, 0.29) is 5.41 Å². The number of fused-ring (bicyclic) bond motifs is 1. The van der Waals surface area contributed by atoms with Gasteiger partial charge in [0.1, 0.15) is 5.75 Å². The van der Waals surface area contributed by atoms with Gasteiger partial charge in [0, 0.05) is 5.57 Å². The van der Waals surface area contributed by atoms with Crippen molar-refractivity contribution in [3.05, 3.63) is 41.0 Å². The van der Waals surface area contributed by atoms with Crippen LogP contribution in [0.1, 0.15) is 43.4 Å². The maximum atomic E-state index is 11.5. The third kappa shape index (κ3) is 2.81. The fourth-order valence-corrected chi connectivity index (χ4v) is 3.42. The van der Waals surface area contributed by atoms with E-state index in [0.29, 0.717) is 5.75 Å². The molecule has 2 heteroatoms. The van der Waals surface area contributed by atoms with Crippen molar-refractivity contribution in [3.63, 3.8) is 0 Å². The summed E-state index contributed by atoms with van der Waals surface area (Å²) in [6, 6.07) is 6.66. The molecule has 1 aromatic carbocycles. The second kappa shape index (κ2) is 5.10. The number of hydrogen-bond donors (Lipinski definition) is 0. The number of benzene rings is 1. The Hall–Kier alpha value is -0.730. The molecule has 0 radical (unpaired) electrons. The van der Waals surface area contributed by atoms with E-state index in [1.165, 1.54) is 22.3 Å². The minimum absolute atomic E-state index is 0.203. The van der Waals surface area contributed by atoms with Crippen LogP contribution < -0.4 is 0 Å². The van der Waals surface area contributed by atoms with Gasteiger partial charge in [-0.3, -0.25) is 0 Å². The monoisotopic (exact) mass is 262 g/mol. The van der Waals surface area contributed by atoms with Gasteiger partial charge in [0.15, 0.2) is 0 Å². The van der Waals surface area contributed by atoms with E-state index in [1.807, 2.05) is 0 Å². The first kappa shape index (κ1) is 13.7. The van der Waals surface area contributed by atoms with E-state index < -0.39 is 11.2 Å². The molecular weight excluding hydrogens is 240 g/mol. The molecule has 0 saturated heterocycles. The standard InChI is InChI=1S/C16H22OS/c1-12-7-8-14-13(11-18(4)17)6-5-9-16(2,3)15(14)10-12/h6-8,10H,5,9,11H2,1-4H3. The van der Waals surface area contributed by atoms with Gasteiger partial charge in [-0.25, -0.2) is 0 Å². The zero-order chi connectivity index (χ0) is 13.3. The summed E-state index contributed by atoms with van der Waals surface area (Å²) in [7, 11) is 0. The van der Waals surface area contributed by atoms with E-state index >= 15 is 0 Å². The highest BCUT2D eigenvalue weighted by Crippen LogP contribution is 2.38. The molecule has 0 aliphatic heterocycles. The molecule has 0 N–H and O–H groups in total. The van der Waals surface area contributed by atoms with Gasteiger partial charge in [-0.1, -0.05) is 54.9 Å². The normalized spacial score (nSPS) is 19.7. The molecule has 1 aromatic rings. The van der Waals surface area contributed by atoms with Gasteiger partial charge in [-0.05, 0) is 36.3 Å². The topological polar surface area (TPSA) is 23.1 Å². The Morgan fingerprint density at radius 1 is 1.33 bits per heavy atom. The molecule has 0 bridgehead atoms. The van der Waals surface area contributed by atoms with Crippen molar-refractivity contribution in [3.8, 4) is 0 Å². The van der Waals surface area contributed by atoms with Gasteiger partial charge in [-0.15, -0.1) is 0 Å². The minimum Gasteiger partial charge on any atom is -0.616 e. The quantitative estimate of drug-likeness (QED) is 0.743. The summed E-state index contributed by atoms with van der Waals surface area (Å²) >= 11 is -0.777. The molecular formula is C16H22OS. The predicted molar refractivity (Wildman–Crippen MR) is 80.3 cm³/mol. The Balaban J connectivity index is 2.52. The van der Waals surface area contributed by atoms with Crippen LogP contribution >= 0.6 is 0 Å². The van der Waals surface area contributed by atoms with Gasteiger partial charge < -0.3 is 4.55 Å². The highest BCUT2D eigenvalue weighted by Gasteiger charge is 2.27. The van der Waals surface area contributed by atoms with Crippen molar-refractivity contribution in [2.24, 2.45) is 0 Å². The van der Waals surface area contributed by atoms with Gasteiger partial charge in [0.2, 0.25) is 0 Å². The lowest BCUT2D eigenvalue weighted by molar-refractivity contribution is 0.487. The summed E-state index contributed by atoms with van der Waals surface area (Å²) < 4.78 is 11.5. The van der Waals surface area contributed by atoms with Gasteiger partial charge >= 0.3 is 0 Å². The van der Waals surface area contributed by atoms with E-state index in [0.717, 1.165) is 12.8 Å². The number of aryl methyl sites for hydroxylation is 1. The first-order chi connectivity index (χ1) is 8.40. The molecule has 0 aromatic heterocycles. The largest absolute Gasteiger partial charge is 0.616 e. The molecule has 1 aliphatic rings. The summed E-state index contributed by atoms with van der Waals surface area (Å²) in [6.07, 6.45) is 6.30. The van der Waals surface area contributed by atoms with E-state index in [2.05, 4.69) is 45.0 Å². The summed E-state index contributed by atoms with van der Waals surface area (Å²) in [5, 5.41) is 0. The average molecular weight is 262 g/mol. The van der Waals surface area contributed by atoms with Crippen LogP contribution in [0.2, 0.25) is 0 Å². The average Bonchev–Trinajstić information content (AvgIpc) is 2.37. The summed E-state index contributed by atoms with van der Waals surface area (Å²) in [6.45, 7) is 6.76. The van der Waals surface area contributed by atoms with Crippen molar-refractivity contribution >= 4 is 16.7 Å². The molecule has 1 aliphatic carbocycles. The van der Waals surface area contributed by atoms with Gasteiger partial charge in [-0.2, -0.15) is 0 Å². The van der Waals surface area contributed by atoms with Crippen molar-refractivity contribution in [1.82, 2.24) is 0 Å². The van der Waals surface area contributed by atoms with Crippen LogP contribution in [-0.2, 0) is 16.6 Å². The first-order valence-electron chi connectivity index (χ1n) is 6.51. The molecule has 0 saturated carbocycles. The molecule has 0 spiro atoms. The fourth-order valence-electron chi connectivity index (χ4n) is 2.71. The third-order valence-corrected chi connectivity index (χ3v) is 4.49. The maximum absolute atomic E-state index is 11.5. The summed E-state index contributed by atoms with van der Waals surface area (Å²) in [5.41, 5.74) is 5.49. The van der Waals surface area contributed by atoms with Crippen LogP contribution in [0.4, 0.5) is 0 Å². The molecule has 0 fully saturated rings. The third-order valence-electron chi connectivity index (χ3n) is 3.77. The van der Waals surface area contributed by atoms with Crippen LogP contribution in [0.25, 0.3) is 5.57 Å². The van der Waals surface area contributed by atoms with Crippen LogP contribution in [0.3, 0.4) is 0 Å². The SMILES string of the molecule is Cc1ccc2c(c1)C(C)(C)CCC=C2C[S+](C)[O-]. The minimum atomic E-state index is -0.777. The molecule has 1 unspecified atom stereocenters. The van der Waals surface area contributed by atoms with Crippen LogP contribution in [0.5, 0.6) is 0 Å². The number of rotatable bonds is 2. The van der Waals surface area contributed by atoms with Crippen molar-refractivity contribution < 1.29 is 4.55 Å². The summed E-state index contributed by atoms with van der Waals surface area (Å²) in [5.74, 6) is 0.673. The second-order valence-electron chi connectivity index (χ2n) is 5.92. The molecule has 0 heterocycles. The molecule has 1 nitrogen and oxygen atoms in total. The lowest BCUT2D eigenvalue weighted by atomic mass is 9.78. The molecule has 0 amide bonds.